The van der Waals surface area contributed by atoms with E-state index in [1.54, 1.807) is 11.0 Å². The highest BCUT2D eigenvalue weighted by Gasteiger charge is 2.21. The first-order valence-electron chi connectivity index (χ1n) is 6.77. The topological polar surface area (TPSA) is 59.9 Å². The van der Waals surface area contributed by atoms with Crippen molar-refractivity contribution >= 4 is 22.9 Å². The molecule has 1 aliphatic heterocycles. The minimum absolute atomic E-state index is 0.157. The Morgan fingerprint density at radius 3 is 2.80 bits per heavy atom. The fourth-order valence-corrected chi connectivity index (χ4v) is 2.60. The van der Waals surface area contributed by atoms with Crippen molar-refractivity contribution in [1.82, 2.24) is 9.88 Å². The summed E-state index contributed by atoms with van der Waals surface area (Å²) in [6.07, 6.45) is 5.56. The van der Waals surface area contributed by atoms with Gasteiger partial charge in [0.2, 0.25) is 0 Å². The van der Waals surface area contributed by atoms with Gasteiger partial charge in [-0.05, 0) is 25.0 Å². The molecule has 20 heavy (non-hydrogen) atoms. The van der Waals surface area contributed by atoms with E-state index in [9.17, 15) is 10.1 Å². The second-order valence-electron chi connectivity index (χ2n) is 4.96. The van der Waals surface area contributed by atoms with Crippen molar-refractivity contribution in [1.29, 1.82) is 5.26 Å². The number of nitrogens with one attached hydrogen (secondary N) is 1. The number of para-hydroxylation sites is 1. The normalized spacial score (nSPS) is 15.6. The second kappa shape index (κ2) is 5.22. The molecule has 4 heteroatoms. The molecule has 2 aromatic rings. The van der Waals surface area contributed by atoms with Crippen molar-refractivity contribution in [3.63, 3.8) is 0 Å². The minimum Gasteiger partial charge on any atom is -0.361 e. The third-order valence-electron chi connectivity index (χ3n) is 3.67. The van der Waals surface area contributed by atoms with Crippen molar-refractivity contribution in [3.8, 4) is 6.07 Å². The number of hydrogen-bond donors (Lipinski definition) is 1. The lowest BCUT2D eigenvalue weighted by Gasteiger charge is -2.13. The Morgan fingerprint density at radius 2 is 2.05 bits per heavy atom. The summed E-state index contributed by atoms with van der Waals surface area (Å²) in [5.74, 6) is -0.157. The molecule has 1 aliphatic rings. The maximum absolute atomic E-state index is 12.3. The van der Waals surface area contributed by atoms with Crippen LogP contribution in [0.2, 0.25) is 0 Å². The van der Waals surface area contributed by atoms with E-state index in [4.69, 9.17) is 0 Å². The summed E-state index contributed by atoms with van der Waals surface area (Å²) < 4.78 is 0. The van der Waals surface area contributed by atoms with Gasteiger partial charge in [0.25, 0.3) is 5.91 Å². The van der Waals surface area contributed by atoms with Crippen LogP contribution >= 0.6 is 0 Å². The highest BCUT2D eigenvalue weighted by Crippen LogP contribution is 2.21. The summed E-state index contributed by atoms with van der Waals surface area (Å²) in [4.78, 5) is 17.2. The van der Waals surface area contributed by atoms with Crippen LogP contribution in [0.1, 0.15) is 18.4 Å². The molecule has 1 N–H and O–H groups in total. The summed E-state index contributed by atoms with van der Waals surface area (Å²) in [5, 5.41) is 10.3. The number of hydrogen-bond acceptors (Lipinski definition) is 2. The number of fused-ring (bicyclic) bond motifs is 1. The van der Waals surface area contributed by atoms with Gasteiger partial charge in [0.1, 0.15) is 11.6 Å². The Kier molecular flexibility index (Phi) is 3.26. The van der Waals surface area contributed by atoms with E-state index in [1.165, 1.54) is 0 Å². The van der Waals surface area contributed by atoms with E-state index in [2.05, 4.69) is 4.98 Å². The van der Waals surface area contributed by atoms with E-state index in [-0.39, 0.29) is 11.5 Å². The maximum Gasteiger partial charge on any atom is 0.264 e. The standard InChI is InChI=1S/C16H15N3O/c17-10-12(16(20)19-7-3-4-8-19)9-13-11-18-15-6-2-1-5-14(13)15/h1-2,5-6,9,11,18H,3-4,7-8H2/b12-9+. The van der Waals surface area contributed by atoms with Gasteiger partial charge in [0, 0.05) is 35.8 Å². The Bertz CT molecular complexity index is 715. The lowest BCUT2D eigenvalue weighted by atomic mass is 10.1. The number of aromatic amines is 1. The van der Waals surface area contributed by atoms with Crippen molar-refractivity contribution in [2.24, 2.45) is 0 Å². The fourth-order valence-electron chi connectivity index (χ4n) is 2.60. The number of benzene rings is 1. The molecular formula is C16H15N3O. The summed E-state index contributed by atoms with van der Waals surface area (Å²) in [5.41, 5.74) is 2.09. The summed E-state index contributed by atoms with van der Waals surface area (Å²) in [6, 6.07) is 9.89. The Hall–Kier alpha value is -2.54. The third kappa shape index (κ3) is 2.19. The summed E-state index contributed by atoms with van der Waals surface area (Å²) in [6.45, 7) is 1.51. The third-order valence-corrected chi connectivity index (χ3v) is 3.67. The lowest BCUT2D eigenvalue weighted by Crippen LogP contribution is -2.28. The molecule has 0 unspecified atom stereocenters. The van der Waals surface area contributed by atoms with Gasteiger partial charge >= 0.3 is 0 Å². The molecule has 1 aromatic heterocycles. The van der Waals surface area contributed by atoms with Gasteiger partial charge in [-0.3, -0.25) is 4.79 Å². The molecule has 0 bridgehead atoms. The van der Waals surface area contributed by atoms with Crippen molar-refractivity contribution < 1.29 is 4.79 Å². The van der Waals surface area contributed by atoms with Gasteiger partial charge in [0.15, 0.2) is 0 Å². The van der Waals surface area contributed by atoms with Crippen LogP contribution in [-0.2, 0) is 4.79 Å². The second-order valence-corrected chi connectivity index (χ2v) is 4.96. The Balaban J connectivity index is 1.96. The highest BCUT2D eigenvalue weighted by molar-refractivity contribution is 6.04. The zero-order valence-electron chi connectivity index (χ0n) is 11.1. The molecule has 0 saturated carbocycles. The van der Waals surface area contributed by atoms with Crippen LogP contribution in [0.5, 0.6) is 0 Å². The molecule has 100 valence electrons. The molecule has 1 aromatic carbocycles. The Morgan fingerprint density at radius 1 is 1.30 bits per heavy atom. The number of H-pyrrole nitrogens is 1. The summed E-state index contributed by atoms with van der Waals surface area (Å²) >= 11 is 0. The van der Waals surface area contributed by atoms with Gasteiger partial charge in [-0.15, -0.1) is 0 Å². The first-order chi connectivity index (χ1) is 9.79. The molecule has 0 atom stereocenters. The number of nitriles is 1. The monoisotopic (exact) mass is 265 g/mol. The van der Waals surface area contributed by atoms with Gasteiger partial charge in [-0.2, -0.15) is 5.26 Å². The molecule has 0 radical (unpaired) electrons. The molecular weight excluding hydrogens is 250 g/mol. The van der Waals surface area contributed by atoms with Crippen molar-refractivity contribution in [2.45, 2.75) is 12.8 Å². The van der Waals surface area contributed by atoms with Crippen LogP contribution in [0, 0.1) is 11.3 Å². The number of nitrogens with zero attached hydrogens (tertiary/aromatic N) is 2. The molecule has 4 nitrogen and oxygen atoms in total. The number of likely N-dealkylation sites (tertiary alicyclic amines) is 1. The van der Waals surface area contributed by atoms with Crippen LogP contribution in [-0.4, -0.2) is 28.9 Å². The first kappa shape index (κ1) is 12.5. The van der Waals surface area contributed by atoms with E-state index >= 15 is 0 Å². The molecule has 0 spiro atoms. The van der Waals surface area contributed by atoms with Crippen LogP contribution < -0.4 is 0 Å². The van der Waals surface area contributed by atoms with Crippen LogP contribution in [0.15, 0.2) is 36.0 Å². The predicted octanol–water partition coefficient (Wildman–Crippen LogP) is 2.70. The first-order valence-corrected chi connectivity index (χ1v) is 6.77. The average Bonchev–Trinajstić information content (AvgIpc) is 3.14. The van der Waals surface area contributed by atoms with Crippen LogP contribution in [0.3, 0.4) is 0 Å². The Labute approximate surface area is 117 Å². The lowest BCUT2D eigenvalue weighted by molar-refractivity contribution is -0.125. The van der Waals surface area contributed by atoms with Crippen LogP contribution in [0.4, 0.5) is 0 Å². The fraction of sp³-hybridized carbons (Fsp3) is 0.250. The van der Waals surface area contributed by atoms with Crippen molar-refractivity contribution in [2.75, 3.05) is 13.1 Å². The quantitative estimate of drug-likeness (QED) is 0.670. The molecule has 1 amide bonds. The van der Waals surface area contributed by atoms with E-state index < -0.39 is 0 Å². The minimum atomic E-state index is -0.157. The number of aromatic nitrogens is 1. The van der Waals surface area contributed by atoms with Gasteiger partial charge in [-0.1, -0.05) is 18.2 Å². The molecule has 0 aliphatic carbocycles. The molecule has 1 fully saturated rings. The zero-order chi connectivity index (χ0) is 13.9. The van der Waals surface area contributed by atoms with Crippen molar-refractivity contribution in [3.05, 3.63) is 41.6 Å². The summed E-state index contributed by atoms with van der Waals surface area (Å²) in [7, 11) is 0. The van der Waals surface area contributed by atoms with E-state index in [0.717, 1.165) is 42.4 Å². The van der Waals surface area contributed by atoms with Gasteiger partial charge in [0.05, 0.1) is 0 Å². The molecule has 3 rings (SSSR count). The highest BCUT2D eigenvalue weighted by atomic mass is 16.2. The van der Waals surface area contributed by atoms with E-state index in [1.807, 2.05) is 36.5 Å². The smallest absolute Gasteiger partial charge is 0.264 e. The van der Waals surface area contributed by atoms with Gasteiger partial charge in [-0.25, -0.2) is 0 Å². The average molecular weight is 265 g/mol. The SMILES string of the molecule is N#C/C(=C\c1c[nH]c2ccccc12)C(=O)N1CCCC1. The number of carbonyl (C=O) groups excluding carboxylic acids is 1. The number of amides is 1. The van der Waals surface area contributed by atoms with E-state index in [0.29, 0.717) is 0 Å². The maximum atomic E-state index is 12.3. The number of carbonyl (C=O) groups is 1. The van der Waals surface area contributed by atoms with Gasteiger partial charge < -0.3 is 9.88 Å². The largest absolute Gasteiger partial charge is 0.361 e. The molecule has 2 heterocycles. The number of rotatable bonds is 2. The zero-order valence-corrected chi connectivity index (χ0v) is 11.1. The van der Waals surface area contributed by atoms with Crippen LogP contribution in [0.25, 0.3) is 17.0 Å². The predicted molar refractivity (Wildman–Crippen MR) is 77.7 cm³/mol. The molecule has 1 saturated heterocycles.